The van der Waals surface area contributed by atoms with Gasteiger partial charge >= 0.3 is 18.2 Å². The van der Waals surface area contributed by atoms with Crippen LogP contribution in [-0.2, 0) is 19.1 Å². The van der Waals surface area contributed by atoms with Gasteiger partial charge in [-0.25, -0.2) is 4.79 Å². The van der Waals surface area contributed by atoms with Gasteiger partial charge in [-0.05, 0) is 6.92 Å². The number of carbonyl (C=O) groups excluding carboxylic acids is 2. The predicted octanol–water partition coefficient (Wildman–Crippen LogP) is 0.161. The summed E-state index contributed by atoms with van der Waals surface area (Å²) in [6, 6.07) is 0. The lowest BCUT2D eigenvalue weighted by molar-refractivity contribution is -0.562. The van der Waals surface area contributed by atoms with Crippen LogP contribution in [0.15, 0.2) is 12.3 Å². The summed E-state index contributed by atoms with van der Waals surface area (Å²) in [6.45, 7) is 3.08. The third-order valence-corrected chi connectivity index (χ3v) is 1.73. The van der Waals surface area contributed by atoms with E-state index in [-0.39, 0.29) is 13.2 Å². The van der Waals surface area contributed by atoms with Gasteiger partial charge in [0.2, 0.25) is 0 Å². The molecule has 0 aromatic carbocycles. The minimum Gasteiger partial charge on any atom is -0.465 e. The average Bonchev–Trinajstić information content (AvgIpc) is 2.26. The summed E-state index contributed by atoms with van der Waals surface area (Å²) >= 11 is 0. The zero-order valence-corrected chi connectivity index (χ0v) is 10.5. The molecule has 8 heteroatoms. The Morgan fingerprint density at radius 3 is 2.61 bits per heavy atom. The molecule has 0 amide bonds. The molecule has 0 rings (SSSR count). The van der Waals surface area contributed by atoms with Crippen LogP contribution in [0.2, 0.25) is 0 Å². The number of carbonyl (C=O) groups is 2. The van der Waals surface area contributed by atoms with Gasteiger partial charge in [0.15, 0.2) is 0 Å². The van der Waals surface area contributed by atoms with E-state index in [1.165, 1.54) is 11.1 Å². The maximum absolute atomic E-state index is 11.1. The van der Waals surface area contributed by atoms with E-state index in [9.17, 15) is 19.7 Å². The lowest BCUT2D eigenvalue weighted by atomic mass is 10.5. The molecule has 1 unspecified atom stereocenters. The molecule has 0 aromatic heterocycles. The monoisotopic (exact) mass is 260 g/mol. The van der Waals surface area contributed by atoms with Crippen molar-refractivity contribution in [3.63, 3.8) is 0 Å². The minimum absolute atomic E-state index is 0.0254. The van der Waals surface area contributed by atoms with Crippen LogP contribution in [-0.4, -0.2) is 48.2 Å². The van der Waals surface area contributed by atoms with Crippen molar-refractivity contribution in [3.05, 3.63) is 22.4 Å². The summed E-state index contributed by atoms with van der Waals surface area (Å²) < 4.78 is 9.14. The standard InChI is InChI=1S/C10H16N2O6/c1-4-17-10(14)7-11(3)6-5-9(13)18-8(2)12(15)16/h5-6,8H,4,7H2,1-3H3. The van der Waals surface area contributed by atoms with Crippen LogP contribution in [0.5, 0.6) is 0 Å². The van der Waals surface area contributed by atoms with Gasteiger partial charge in [-0.2, -0.15) is 0 Å². The van der Waals surface area contributed by atoms with Crippen molar-refractivity contribution < 1.29 is 24.0 Å². The fourth-order valence-corrected chi connectivity index (χ4v) is 0.901. The molecule has 0 spiro atoms. The normalized spacial score (nSPS) is 11.9. The van der Waals surface area contributed by atoms with Crippen molar-refractivity contribution in [1.82, 2.24) is 4.90 Å². The molecule has 0 aliphatic heterocycles. The van der Waals surface area contributed by atoms with E-state index in [0.29, 0.717) is 0 Å². The van der Waals surface area contributed by atoms with Gasteiger partial charge in [-0.15, -0.1) is 0 Å². The zero-order valence-electron chi connectivity index (χ0n) is 10.5. The Morgan fingerprint density at radius 1 is 1.50 bits per heavy atom. The van der Waals surface area contributed by atoms with Crippen LogP contribution in [0.3, 0.4) is 0 Å². The van der Waals surface area contributed by atoms with E-state index < -0.39 is 23.1 Å². The molecule has 0 N–H and O–H groups in total. The number of esters is 2. The van der Waals surface area contributed by atoms with Crippen LogP contribution < -0.4 is 0 Å². The Labute approximate surface area is 104 Å². The molecule has 102 valence electrons. The number of nitrogens with zero attached hydrogens (tertiary/aromatic N) is 2. The summed E-state index contributed by atoms with van der Waals surface area (Å²) in [5, 5.41) is 10.2. The number of likely N-dealkylation sites (N-methyl/N-ethyl adjacent to an activating group) is 1. The van der Waals surface area contributed by atoms with Gasteiger partial charge in [0.05, 0.1) is 11.5 Å². The first kappa shape index (κ1) is 15.9. The number of nitro groups is 1. The van der Waals surface area contributed by atoms with Gasteiger partial charge in [0, 0.05) is 26.2 Å². The first-order valence-electron chi connectivity index (χ1n) is 5.25. The Hall–Kier alpha value is -2.12. The van der Waals surface area contributed by atoms with Gasteiger partial charge in [0.25, 0.3) is 0 Å². The molecule has 1 atom stereocenters. The second-order valence-corrected chi connectivity index (χ2v) is 3.36. The highest BCUT2D eigenvalue weighted by Crippen LogP contribution is 1.94. The first-order chi connectivity index (χ1) is 8.36. The van der Waals surface area contributed by atoms with Crippen LogP contribution >= 0.6 is 0 Å². The van der Waals surface area contributed by atoms with Crippen LogP contribution in [0, 0.1) is 10.1 Å². The molecule has 8 nitrogen and oxygen atoms in total. The number of hydrogen-bond acceptors (Lipinski definition) is 7. The van der Waals surface area contributed by atoms with Crippen LogP contribution in [0.4, 0.5) is 0 Å². The lowest BCUT2D eigenvalue weighted by Gasteiger charge is -2.12. The Bertz CT molecular complexity index is 341. The van der Waals surface area contributed by atoms with Crippen molar-refractivity contribution in [2.24, 2.45) is 0 Å². The Morgan fingerprint density at radius 2 is 2.11 bits per heavy atom. The molecule has 0 fully saturated rings. The Kier molecular flexibility index (Phi) is 7.10. The maximum Gasteiger partial charge on any atom is 0.353 e. The maximum atomic E-state index is 11.1. The van der Waals surface area contributed by atoms with Crippen LogP contribution in [0.25, 0.3) is 0 Å². The molecule has 0 aliphatic rings. The zero-order chi connectivity index (χ0) is 14.1. The summed E-state index contributed by atoms with van der Waals surface area (Å²) in [4.78, 5) is 33.1. The quantitative estimate of drug-likeness (QED) is 0.211. The topological polar surface area (TPSA) is 99.0 Å². The molecular formula is C10H16N2O6. The number of rotatable bonds is 7. The average molecular weight is 260 g/mol. The minimum atomic E-state index is -1.41. The van der Waals surface area contributed by atoms with Crippen molar-refractivity contribution in [1.29, 1.82) is 0 Å². The van der Waals surface area contributed by atoms with Crippen molar-refractivity contribution in [2.45, 2.75) is 20.1 Å². The number of hydrogen-bond donors (Lipinski definition) is 0. The van der Waals surface area contributed by atoms with Gasteiger partial charge < -0.3 is 14.4 Å². The lowest BCUT2D eigenvalue weighted by Crippen LogP contribution is -2.24. The predicted molar refractivity (Wildman–Crippen MR) is 61.0 cm³/mol. The van der Waals surface area contributed by atoms with Crippen LogP contribution in [0.1, 0.15) is 13.8 Å². The highest BCUT2D eigenvalue weighted by atomic mass is 16.7. The summed E-state index contributed by atoms with van der Waals surface area (Å²) in [7, 11) is 1.55. The Balaban J connectivity index is 4.10. The highest BCUT2D eigenvalue weighted by molar-refractivity contribution is 5.82. The molecule has 0 bridgehead atoms. The highest BCUT2D eigenvalue weighted by Gasteiger charge is 2.16. The largest absolute Gasteiger partial charge is 0.465 e. The van der Waals surface area contributed by atoms with Gasteiger partial charge in [-0.1, -0.05) is 0 Å². The summed E-state index contributed by atoms with van der Waals surface area (Å²) in [5.41, 5.74) is 0. The van der Waals surface area contributed by atoms with E-state index in [0.717, 1.165) is 13.0 Å². The SMILES string of the molecule is CCOC(=O)CN(C)C=CC(=O)OC(C)[N+](=O)[O-]. The smallest absolute Gasteiger partial charge is 0.353 e. The molecule has 0 radical (unpaired) electrons. The molecule has 0 saturated carbocycles. The summed E-state index contributed by atoms with van der Waals surface area (Å²) in [6.07, 6.45) is 0.878. The third kappa shape index (κ3) is 7.20. The molecular weight excluding hydrogens is 244 g/mol. The van der Waals surface area contributed by atoms with E-state index in [4.69, 9.17) is 4.74 Å². The first-order valence-corrected chi connectivity index (χ1v) is 5.25. The fraction of sp³-hybridized carbons (Fsp3) is 0.600. The van der Waals surface area contributed by atoms with E-state index in [1.807, 2.05) is 0 Å². The van der Waals surface area contributed by atoms with Crippen molar-refractivity contribution >= 4 is 11.9 Å². The van der Waals surface area contributed by atoms with Gasteiger partial charge in [-0.3, -0.25) is 14.9 Å². The molecule has 0 aromatic rings. The third-order valence-electron chi connectivity index (χ3n) is 1.73. The molecule has 0 aliphatic carbocycles. The summed E-state index contributed by atoms with van der Waals surface area (Å²) in [5.74, 6) is -1.29. The van der Waals surface area contributed by atoms with Gasteiger partial charge in [0.1, 0.15) is 6.54 Å². The molecule has 18 heavy (non-hydrogen) atoms. The van der Waals surface area contributed by atoms with Crippen molar-refractivity contribution in [2.75, 3.05) is 20.2 Å². The van der Waals surface area contributed by atoms with Crippen molar-refractivity contribution in [3.8, 4) is 0 Å². The van der Waals surface area contributed by atoms with E-state index in [1.54, 1.807) is 14.0 Å². The van der Waals surface area contributed by atoms with E-state index >= 15 is 0 Å². The second-order valence-electron chi connectivity index (χ2n) is 3.36. The molecule has 0 saturated heterocycles. The number of ether oxygens (including phenoxy) is 2. The molecule has 0 heterocycles. The fourth-order valence-electron chi connectivity index (χ4n) is 0.901. The second kappa shape index (κ2) is 8.04. The van der Waals surface area contributed by atoms with E-state index in [2.05, 4.69) is 4.74 Å².